The van der Waals surface area contributed by atoms with Crippen molar-refractivity contribution >= 4 is 18.0 Å². The van der Waals surface area contributed by atoms with Crippen LogP contribution in [0.25, 0.3) is 6.08 Å². The molecule has 1 amide bonds. The van der Waals surface area contributed by atoms with Gasteiger partial charge in [-0.1, -0.05) is 29.8 Å². The molecule has 0 atom stereocenters. The van der Waals surface area contributed by atoms with Gasteiger partial charge in [0.25, 0.3) is 5.91 Å². The summed E-state index contributed by atoms with van der Waals surface area (Å²) in [6.07, 6.45) is 11.0. The van der Waals surface area contributed by atoms with Crippen LogP contribution in [0.5, 0.6) is 0 Å². The van der Waals surface area contributed by atoms with Crippen molar-refractivity contribution in [1.82, 2.24) is 15.1 Å². The Morgan fingerprint density at radius 1 is 1.06 bits per heavy atom. The normalized spacial score (nSPS) is 26.9. The van der Waals surface area contributed by atoms with Gasteiger partial charge in [-0.2, -0.15) is 5.10 Å². The first-order valence-electron chi connectivity index (χ1n) is 13.0. The Balaban J connectivity index is 1.10. The molecule has 1 heterocycles. The number of amides is 1. The lowest BCUT2D eigenvalue weighted by molar-refractivity contribution is -0.144. The molecule has 1 aromatic heterocycles. The second-order valence-corrected chi connectivity index (χ2v) is 11.4. The predicted octanol–water partition coefficient (Wildman–Crippen LogP) is 4.75. The lowest BCUT2D eigenvalue weighted by atomic mass is 9.49. The van der Waals surface area contributed by atoms with Crippen LogP contribution in [0.4, 0.5) is 0 Å². The molecule has 6 heteroatoms. The summed E-state index contributed by atoms with van der Waals surface area (Å²) in [5.74, 6) is 1.85. The predicted molar refractivity (Wildman–Crippen MR) is 136 cm³/mol. The molecule has 0 aliphatic heterocycles. The van der Waals surface area contributed by atoms with Gasteiger partial charge >= 0.3 is 5.97 Å². The van der Waals surface area contributed by atoms with E-state index < -0.39 is 5.97 Å². The van der Waals surface area contributed by atoms with E-state index in [2.05, 4.69) is 41.6 Å². The first kappa shape index (κ1) is 23.8. The highest BCUT2D eigenvalue weighted by atomic mass is 16.5. The zero-order valence-corrected chi connectivity index (χ0v) is 21.2. The fourth-order valence-electron chi connectivity index (χ4n) is 7.15. The summed E-state index contributed by atoms with van der Waals surface area (Å²) in [6.45, 7) is 7.16. The number of nitrogens with one attached hydrogen (secondary N) is 1. The van der Waals surface area contributed by atoms with Gasteiger partial charge in [-0.05, 0) is 94.1 Å². The van der Waals surface area contributed by atoms with E-state index in [0.717, 1.165) is 41.2 Å². The summed E-state index contributed by atoms with van der Waals surface area (Å²) < 4.78 is 7.17. The summed E-state index contributed by atoms with van der Waals surface area (Å²) in [5, 5.41) is 7.69. The Bertz CT molecular complexity index is 1090. The number of benzene rings is 1. The van der Waals surface area contributed by atoms with Gasteiger partial charge in [-0.15, -0.1) is 0 Å². The molecule has 2 aromatic rings. The number of aromatic nitrogens is 2. The zero-order valence-electron chi connectivity index (χ0n) is 21.2. The molecule has 0 spiro atoms. The van der Waals surface area contributed by atoms with Gasteiger partial charge in [0.15, 0.2) is 6.61 Å². The van der Waals surface area contributed by atoms with Crippen LogP contribution in [-0.4, -0.2) is 34.8 Å². The highest BCUT2D eigenvalue weighted by molar-refractivity contribution is 5.89. The third-order valence-corrected chi connectivity index (χ3v) is 8.45. The summed E-state index contributed by atoms with van der Waals surface area (Å²) in [5.41, 5.74) is 5.43. The van der Waals surface area contributed by atoms with Crippen molar-refractivity contribution in [1.29, 1.82) is 0 Å². The molecule has 0 radical (unpaired) electrons. The third-order valence-electron chi connectivity index (χ3n) is 8.45. The molecule has 4 saturated carbocycles. The number of carbonyl (C=O) groups is 2. The standard InChI is InChI=1S/C29H37N3O3/c1-19-4-6-22(7-5-19)16-32-21(3)26(20(2)31-32)8-9-28(34)35-17-27(33)30-18-29-13-23-10-24(14-29)12-25(11-23)15-29/h4-9,23-25H,10-18H2,1-3H3,(H,30,33). The van der Waals surface area contributed by atoms with Crippen LogP contribution in [0.1, 0.15) is 66.6 Å². The average Bonchev–Trinajstić information content (AvgIpc) is 3.07. The minimum atomic E-state index is -0.514. The van der Waals surface area contributed by atoms with E-state index in [1.54, 1.807) is 6.08 Å². The molecule has 35 heavy (non-hydrogen) atoms. The van der Waals surface area contributed by atoms with Gasteiger partial charge in [0.1, 0.15) is 0 Å². The van der Waals surface area contributed by atoms with E-state index in [-0.39, 0.29) is 17.9 Å². The van der Waals surface area contributed by atoms with Crippen molar-refractivity contribution in [3.05, 3.63) is 58.4 Å². The number of hydrogen-bond acceptors (Lipinski definition) is 4. The molecule has 4 bridgehead atoms. The molecule has 1 aromatic carbocycles. The van der Waals surface area contributed by atoms with Gasteiger partial charge in [-0.3, -0.25) is 9.48 Å². The van der Waals surface area contributed by atoms with Gasteiger partial charge < -0.3 is 10.1 Å². The summed E-state index contributed by atoms with van der Waals surface area (Å²) >= 11 is 0. The van der Waals surface area contributed by atoms with Gasteiger partial charge in [0.05, 0.1) is 12.2 Å². The Morgan fingerprint density at radius 3 is 2.31 bits per heavy atom. The first-order chi connectivity index (χ1) is 16.8. The number of aryl methyl sites for hydroxylation is 2. The van der Waals surface area contributed by atoms with Gasteiger partial charge in [0.2, 0.25) is 0 Å². The van der Waals surface area contributed by atoms with Crippen molar-refractivity contribution in [3.8, 4) is 0 Å². The fraction of sp³-hybridized carbons (Fsp3) is 0.552. The fourth-order valence-corrected chi connectivity index (χ4v) is 7.15. The largest absolute Gasteiger partial charge is 0.452 e. The van der Waals surface area contributed by atoms with Crippen LogP contribution >= 0.6 is 0 Å². The first-order valence-corrected chi connectivity index (χ1v) is 13.0. The Morgan fingerprint density at radius 2 is 1.69 bits per heavy atom. The van der Waals surface area contributed by atoms with E-state index in [0.29, 0.717) is 6.54 Å². The van der Waals surface area contributed by atoms with Crippen LogP contribution in [0.3, 0.4) is 0 Å². The Kier molecular flexibility index (Phi) is 6.56. The van der Waals surface area contributed by atoms with E-state index in [9.17, 15) is 9.59 Å². The number of esters is 1. The SMILES string of the molecule is Cc1ccc(Cn2nc(C)c(C=CC(=O)OCC(=O)NCC34CC5CC(CC(C5)C3)C4)c2C)cc1. The zero-order chi connectivity index (χ0) is 24.6. The topological polar surface area (TPSA) is 73.2 Å². The van der Waals surface area contributed by atoms with Crippen LogP contribution in [0.15, 0.2) is 30.3 Å². The minimum Gasteiger partial charge on any atom is -0.452 e. The number of carbonyl (C=O) groups excluding carboxylic acids is 2. The molecular weight excluding hydrogens is 438 g/mol. The van der Waals surface area contributed by atoms with Crippen LogP contribution in [0.2, 0.25) is 0 Å². The van der Waals surface area contributed by atoms with Gasteiger partial charge in [0, 0.05) is 23.9 Å². The maximum atomic E-state index is 12.4. The summed E-state index contributed by atoms with van der Waals surface area (Å²) in [6, 6.07) is 8.40. The van der Waals surface area contributed by atoms with Crippen molar-refractivity contribution in [3.63, 3.8) is 0 Å². The number of rotatable bonds is 8. The average molecular weight is 476 g/mol. The van der Waals surface area contributed by atoms with Gasteiger partial charge in [-0.25, -0.2) is 4.79 Å². The highest BCUT2D eigenvalue weighted by Gasteiger charge is 2.50. The van der Waals surface area contributed by atoms with Crippen molar-refractivity contribution < 1.29 is 14.3 Å². The quantitative estimate of drug-likeness (QED) is 0.442. The number of nitrogens with zero attached hydrogens (tertiary/aromatic N) is 2. The molecule has 0 unspecified atom stereocenters. The third kappa shape index (κ3) is 5.36. The summed E-state index contributed by atoms with van der Waals surface area (Å²) in [7, 11) is 0. The van der Waals surface area contributed by atoms with Crippen LogP contribution in [-0.2, 0) is 20.9 Å². The maximum Gasteiger partial charge on any atom is 0.331 e. The minimum absolute atomic E-state index is 0.208. The molecular formula is C29H37N3O3. The molecule has 1 N–H and O–H groups in total. The lowest BCUT2D eigenvalue weighted by Gasteiger charge is -2.56. The summed E-state index contributed by atoms with van der Waals surface area (Å²) in [4.78, 5) is 24.7. The molecule has 6 nitrogen and oxygen atoms in total. The van der Waals surface area contributed by atoms with E-state index in [4.69, 9.17) is 4.74 Å². The Hall–Kier alpha value is -2.89. The molecule has 0 saturated heterocycles. The maximum absolute atomic E-state index is 12.4. The monoisotopic (exact) mass is 475 g/mol. The lowest BCUT2D eigenvalue weighted by Crippen LogP contribution is -2.51. The van der Waals surface area contributed by atoms with E-state index in [1.807, 2.05) is 18.5 Å². The second-order valence-electron chi connectivity index (χ2n) is 11.4. The Labute approximate surface area is 208 Å². The number of hydrogen-bond donors (Lipinski definition) is 1. The number of ether oxygens (including phenoxy) is 1. The van der Waals surface area contributed by atoms with Crippen LogP contribution in [0, 0.1) is 43.9 Å². The highest BCUT2D eigenvalue weighted by Crippen LogP contribution is 2.59. The van der Waals surface area contributed by atoms with Crippen molar-refractivity contribution in [2.75, 3.05) is 13.2 Å². The van der Waals surface area contributed by atoms with Crippen molar-refractivity contribution in [2.45, 2.75) is 65.8 Å². The molecule has 6 rings (SSSR count). The molecule has 4 aliphatic carbocycles. The van der Waals surface area contributed by atoms with Crippen LogP contribution < -0.4 is 5.32 Å². The van der Waals surface area contributed by atoms with E-state index >= 15 is 0 Å². The molecule has 186 valence electrons. The van der Waals surface area contributed by atoms with E-state index in [1.165, 1.54) is 55.7 Å². The smallest absolute Gasteiger partial charge is 0.331 e. The van der Waals surface area contributed by atoms with Crippen molar-refractivity contribution in [2.24, 2.45) is 23.2 Å². The second kappa shape index (κ2) is 9.63. The molecule has 4 aliphatic rings. The molecule has 4 fully saturated rings.